The van der Waals surface area contributed by atoms with Gasteiger partial charge >= 0.3 is 0 Å². The SMILES string of the molecule is CNc1ccc2c(c1)N(C(C)(C)CO)C(=O)CO2. The van der Waals surface area contributed by atoms with Gasteiger partial charge < -0.3 is 15.2 Å². The maximum atomic E-state index is 12.0. The summed E-state index contributed by atoms with van der Waals surface area (Å²) in [6.45, 7) is 3.55. The smallest absolute Gasteiger partial charge is 0.265 e. The minimum atomic E-state index is -0.651. The van der Waals surface area contributed by atoms with E-state index in [1.807, 2.05) is 39.1 Å². The van der Waals surface area contributed by atoms with Crippen molar-refractivity contribution in [2.45, 2.75) is 19.4 Å². The Labute approximate surface area is 106 Å². The second-order valence-corrected chi connectivity index (χ2v) is 4.92. The average molecular weight is 250 g/mol. The predicted octanol–water partition coefficient (Wildman–Crippen LogP) is 1.22. The van der Waals surface area contributed by atoms with E-state index in [1.54, 1.807) is 4.90 Å². The zero-order valence-corrected chi connectivity index (χ0v) is 10.9. The molecule has 0 aromatic heterocycles. The Bertz CT molecular complexity index is 471. The first-order valence-corrected chi connectivity index (χ1v) is 5.88. The molecule has 0 fully saturated rings. The van der Waals surface area contributed by atoms with Gasteiger partial charge in [0.2, 0.25) is 0 Å². The lowest BCUT2D eigenvalue weighted by Gasteiger charge is -2.40. The third-order valence-corrected chi connectivity index (χ3v) is 3.08. The van der Waals surface area contributed by atoms with Gasteiger partial charge in [-0.3, -0.25) is 9.69 Å². The predicted molar refractivity (Wildman–Crippen MR) is 70.1 cm³/mol. The highest BCUT2D eigenvalue weighted by Crippen LogP contribution is 2.38. The number of aliphatic hydroxyl groups excluding tert-OH is 1. The fourth-order valence-electron chi connectivity index (χ4n) is 2.04. The van der Waals surface area contributed by atoms with E-state index in [0.29, 0.717) is 11.4 Å². The van der Waals surface area contributed by atoms with Gasteiger partial charge in [0.05, 0.1) is 17.8 Å². The number of carbonyl (C=O) groups excluding carboxylic acids is 1. The molecule has 1 amide bonds. The highest BCUT2D eigenvalue weighted by molar-refractivity contribution is 5.99. The first-order chi connectivity index (χ1) is 8.49. The van der Waals surface area contributed by atoms with Crippen molar-refractivity contribution >= 4 is 17.3 Å². The van der Waals surface area contributed by atoms with Crippen LogP contribution in [0.3, 0.4) is 0 Å². The summed E-state index contributed by atoms with van der Waals surface area (Å²) in [5, 5.41) is 12.5. The van der Waals surface area contributed by atoms with Crippen molar-refractivity contribution in [3.63, 3.8) is 0 Å². The topological polar surface area (TPSA) is 61.8 Å². The van der Waals surface area contributed by atoms with Gasteiger partial charge in [0.25, 0.3) is 5.91 Å². The number of amides is 1. The molecule has 5 heteroatoms. The number of fused-ring (bicyclic) bond motifs is 1. The van der Waals surface area contributed by atoms with Crippen molar-refractivity contribution in [2.75, 3.05) is 30.5 Å². The van der Waals surface area contributed by atoms with Gasteiger partial charge in [-0.25, -0.2) is 0 Å². The number of rotatable bonds is 3. The van der Waals surface area contributed by atoms with E-state index in [4.69, 9.17) is 4.74 Å². The van der Waals surface area contributed by atoms with Crippen molar-refractivity contribution in [3.05, 3.63) is 18.2 Å². The van der Waals surface area contributed by atoms with E-state index in [1.165, 1.54) is 0 Å². The Balaban J connectivity index is 2.52. The summed E-state index contributed by atoms with van der Waals surface area (Å²) in [6, 6.07) is 5.57. The molecule has 0 aliphatic carbocycles. The van der Waals surface area contributed by atoms with E-state index in [9.17, 15) is 9.90 Å². The molecule has 98 valence electrons. The third kappa shape index (κ3) is 2.01. The summed E-state index contributed by atoms with van der Waals surface area (Å²) in [4.78, 5) is 13.6. The quantitative estimate of drug-likeness (QED) is 0.847. The van der Waals surface area contributed by atoms with E-state index < -0.39 is 5.54 Å². The molecule has 0 atom stereocenters. The van der Waals surface area contributed by atoms with Crippen LogP contribution in [0.15, 0.2) is 18.2 Å². The lowest BCUT2D eigenvalue weighted by molar-refractivity contribution is -0.122. The number of ether oxygens (including phenoxy) is 1. The number of anilines is 2. The van der Waals surface area contributed by atoms with Gasteiger partial charge in [-0.05, 0) is 32.0 Å². The van der Waals surface area contributed by atoms with Crippen LogP contribution in [0.5, 0.6) is 5.75 Å². The molecule has 2 rings (SSSR count). The molecule has 2 N–H and O–H groups in total. The van der Waals surface area contributed by atoms with E-state index in [2.05, 4.69) is 5.32 Å². The van der Waals surface area contributed by atoms with Crippen LogP contribution in [-0.4, -0.2) is 36.8 Å². The molecule has 0 unspecified atom stereocenters. The highest BCUT2D eigenvalue weighted by Gasteiger charge is 2.36. The van der Waals surface area contributed by atoms with Crippen LogP contribution < -0.4 is 15.0 Å². The van der Waals surface area contributed by atoms with Gasteiger partial charge in [-0.1, -0.05) is 0 Å². The number of nitrogens with zero attached hydrogens (tertiary/aromatic N) is 1. The average Bonchev–Trinajstić information content (AvgIpc) is 2.37. The standard InChI is InChI=1S/C13H18N2O3/c1-13(2,8-16)15-10-6-9(14-3)4-5-11(10)18-7-12(15)17/h4-6,14,16H,7-8H2,1-3H3. The summed E-state index contributed by atoms with van der Waals surface area (Å²) in [6.07, 6.45) is 0. The number of hydrogen-bond acceptors (Lipinski definition) is 4. The third-order valence-electron chi connectivity index (χ3n) is 3.08. The summed E-state index contributed by atoms with van der Waals surface area (Å²) >= 11 is 0. The van der Waals surface area contributed by atoms with Crippen LogP contribution in [0.2, 0.25) is 0 Å². The van der Waals surface area contributed by atoms with Crippen molar-refractivity contribution in [3.8, 4) is 5.75 Å². The largest absolute Gasteiger partial charge is 0.482 e. The molecule has 0 radical (unpaired) electrons. The second-order valence-electron chi connectivity index (χ2n) is 4.92. The minimum absolute atomic E-state index is 0.00926. The molecule has 0 bridgehead atoms. The fraction of sp³-hybridized carbons (Fsp3) is 0.462. The number of hydrogen-bond donors (Lipinski definition) is 2. The summed E-state index contributed by atoms with van der Waals surface area (Å²) in [7, 11) is 1.81. The fourth-order valence-corrected chi connectivity index (χ4v) is 2.04. The minimum Gasteiger partial charge on any atom is -0.482 e. The van der Waals surface area contributed by atoms with Crippen molar-refractivity contribution in [1.29, 1.82) is 0 Å². The Kier molecular flexibility index (Phi) is 3.17. The molecular weight excluding hydrogens is 232 g/mol. The van der Waals surface area contributed by atoms with Gasteiger partial charge in [0, 0.05) is 12.7 Å². The summed E-state index contributed by atoms with van der Waals surface area (Å²) < 4.78 is 5.40. The Morgan fingerprint density at radius 2 is 2.22 bits per heavy atom. The second kappa shape index (κ2) is 4.49. The summed E-state index contributed by atoms with van der Waals surface area (Å²) in [5.41, 5.74) is 0.935. The lowest BCUT2D eigenvalue weighted by Crippen LogP contribution is -2.54. The number of carbonyl (C=O) groups is 1. The Morgan fingerprint density at radius 3 is 2.83 bits per heavy atom. The van der Waals surface area contributed by atoms with Crippen LogP contribution in [0.1, 0.15) is 13.8 Å². The Hall–Kier alpha value is -1.75. The zero-order chi connectivity index (χ0) is 13.3. The van der Waals surface area contributed by atoms with Crippen LogP contribution >= 0.6 is 0 Å². The van der Waals surface area contributed by atoms with Crippen molar-refractivity contribution < 1.29 is 14.6 Å². The summed E-state index contributed by atoms with van der Waals surface area (Å²) in [5.74, 6) is 0.518. The van der Waals surface area contributed by atoms with Gasteiger partial charge in [0.1, 0.15) is 5.75 Å². The lowest BCUT2D eigenvalue weighted by atomic mass is 10.0. The molecule has 0 spiro atoms. The van der Waals surface area contributed by atoms with Crippen molar-refractivity contribution in [1.82, 2.24) is 0 Å². The normalized spacial score (nSPS) is 15.1. The van der Waals surface area contributed by atoms with Crippen LogP contribution in [0, 0.1) is 0 Å². The molecule has 5 nitrogen and oxygen atoms in total. The number of nitrogens with one attached hydrogen (secondary N) is 1. The molecule has 1 aliphatic rings. The first kappa shape index (κ1) is 12.7. The molecule has 0 saturated carbocycles. The zero-order valence-electron chi connectivity index (χ0n) is 10.9. The maximum Gasteiger partial charge on any atom is 0.265 e. The molecule has 1 aliphatic heterocycles. The van der Waals surface area contributed by atoms with E-state index in [-0.39, 0.29) is 19.1 Å². The van der Waals surface area contributed by atoms with Gasteiger partial charge in [-0.2, -0.15) is 0 Å². The number of benzene rings is 1. The molecular formula is C13H18N2O3. The molecule has 1 aromatic rings. The van der Waals surface area contributed by atoms with Crippen LogP contribution in [-0.2, 0) is 4.79 Å². The van der Waals surface area contributed by atoms with E-state index in [0.717, 1.165) is 5.69 Å². The van der Waals surface area contributed by atoms with Gasteiger partial charge in [0.15, 0.2) is 6.61 Å². The van der Waals surface area contributed by atoms with Crippen LogP contribution in [0.25, 0.3) is 0 Å². The molecule has 1 heterocycles. The maximum absolute atomic E-state index is 12.0. The first-order valence-electron chi connectivity index (χ1n) is 5.88. The molecule has 18 heavy (non-hydrogen) atoms. The monoisotopic (exact) mass is 250 g/mol. The van der Waals surface area contributed by atoms with Gasteiger partial charge in [-0.15, -0.1) is 0 Å². The van der Waals surface area contributed by atoms with E-state index >= 15 is 0 Å². The number of aliphatic hydroxyl groups is 1. The molecule has 1 aromatic carbocycles. The highest BCUT2D eigenvalue weighted by atomic mass is 16.5. The van der Waals surface area contributed by atoms with Crippen LogP contribution in [0.4, 0.5) is 11.4 Å². The molecule has 0 saturated heterocycles. The Morgan fingerprint density at radius 1 is 1.50 bits per heavy atom. The van der Waals surface area contributed by atoms with Crippen molar-refractivity contribution in [2.24, 2.45) is 0 Å².